The van der Waals surface area contributed by atoms with Crippen molar-refractivity contribution in [2.45, 2.75) is 30.4 Å². The zero-order chi connectivity index (χ0) is 14.0. The van der Waals surface area contributed by atoms with Crippen LogP contribution in [0.1, 0.15) is 30.6 Å². The van der Waals surface area contributed by atoms with E-state index >= 15 is 0 Å². The van der Waals surface area contributed by atoms with Gasteiger partial charge in [0.25, 0.3) is 0 Å². The van der Waals surface area contributed by atoms with Gasteiger partial charge in [-0.3, -0.25) is 14.5 Å². The summed E-state index contributed by atoms with van der Waals surface area (Å²) in [6, 6.07) is 7.28. The average Bonchev–Trinajstić information content (AvgIpc) is 2.41. The van der Waals surface area contributed by atoms with Crippen molar-refractivity contribution in [1.29, 1.82) is 5.26 Å². The SMILES string of the molecule is CCC1Sc2cc(C(C)=O)ccc2N(CC#N)C1=O. The van der Waals surface area contributed by atoms with Crippen LogP contribution in [0.5, 0.6) is 0 Å². The number of thioether (sulfide) groups is 1. The number of ketones is 1. The summed E-state index contributed by atoms with van der Waals surface area (Å²) in [6.45, 7) is 3.51. The number of nitriles is 1. The highest BCUT2D eigenvalue weighted by Gasteiger charge is 2.32. The molecule has 1 aliphatic heterocycles. The van der Waals surface area contributed by atoms with Crippen LogP contribution in [0.2, 0.25) is 0 Å². The zero-order valence-electron chi connectivity index (χ0n) is 10.8. The van der Waals surface area contributed by atoms with Gasteiger partial charge in [-0.25, -0.2) is 0 Å². The molecule has 0 aliphatic carbocycles. The number of fused-ring (bicyclic) bond motifs is 1. The predicted molar refractivity (Wildman–Crippen MR) is 74.3 cm³/mol. The molecule has 19 heavy (non-hydrogen) atoms. The molecular weight excluding hydrogens is 260 g/mol. The second-order valence-electron chi connectivity index (χ2n) is 4.34. The highest BCUT2D eigenvalue weighted by molar-refractivity contribution is 8.01. The molecule has 2 rings (SSSR count). The summed E-state index contributed by atoms with van der Waals surface area (Å²) in [5, 5.41) is 8.68. The van der Waals surface area contributed by atoms with Crippen LogP contribution in [-0.4, -0.2) is 23.5 Å². The molecule has 0 spiro atoms. The Morgan fingerprint density at radius 1 is 1.53 bits per heavy atom. The molecule has 0 saturated heterocycles. The van der Waals surface area contributed by atoms with Crippen LogP contribution in [-0.2, 0) is 4.79 Å². The standard InChI is InChI=1S/C14H14N2O2S/c1-3-12-14(18)16(7-6-15)11-5-4-10(9(2)17)8-13(11)19-12/h4-5,8,12H,3,7H2,1-2H3. The lowest BCUT2D eigenvalue weighted by Crippen LogP contribution is -2.41. The van der Waals surface area contributed by atoms with Crippen molar-refractivity contribution in [2.24, 2.45) is 0 Å². The molecule has 1 aromatic carbocycles. The Morgan fingerprint density at radius 2 is 2.26 bits per heavy atom. The number of nitrogens with zero attached hydrogens (tertiary/aromatic N) is 2. The van der Waals surface area contributed by atoms with E-state index in [0.29, 0.717) is 12.0 Å². The fourth-order valence-electron chi connectivity index (χ4n) is 2.04. The fraction of sp³-hybridized carbons (Fsp3) is 0.357. The Hall–Kier alpha value is -1.80. The molecular formula is C14H14N2O2S. The van der Waals surface area contributed by atoms with Gasteiger partial charge in [0, 0.05) is 10.5 Å². The quantitative estimate of drug-likeness (QED) is 0.628. The van der Waals surface area contributed by atoms with Gasteiger partial charge in [0.2, 0.25) is 5.91 Å². The van der Waals surface area contributed by atoms with Crippen molar-refractivity contribution >= 4 is 29.1 Å². The number of hydrogen-bond acceptors (Lipinski definition) is 4. The first-order valence-electron chi connectivity index (χ1n) is 6.08. The molecule has 1 aromatic rings. The third-order valence-electron chi connectivity index (χ3n) is 3.07. The van der Waals surface area contributed by atoms with E-state index in [-0.39, 0.29) is 23.5 Å². The predicted octanol–water partition coefficient (Wildman–Crippen LogP) is 2.63. The Balaban J connectivity index is 2.49. The minimum atomic E-state index is -0.178. The van der Waals surface area contributed by atoms with E-state index in [9.17, 15) is 9.59 Å². The van der Waals surface area contributed by atoms with Crippen molar-refractivity contribution < 1.29 is 9.59 Å². The van der Waals surface area contributed by atoms with Crippen molar-refractivity contribution in [3.05, 3.63) is 23.8 Å². The third-order valence-corrected chi connectivity index (χ3v) is 4.47. The molecule has 5 heteroatoms. The van der Waals surface area contributed by atoms with Crippen LogP contribution in [0.15, 0.2) is 23.1 Å². The average molecular weight is 274 g/mol. The highest BCUT2D eigenvalue weighted by atomic mass is 32.2. The maximum atomic E-state index is 12.2. The number of carbonyl (C=O) groups excluding carboxylic acids is 2. The second-order valence-corrected chi connectivity index (χ2v) is 5.58. The Labute approximate surface area is 116 Å². The van der Waals surface area contributed by atoms with Crippen LogP contribution in [0.4, 0.5) is 5.69 Å². The summed E-state index contributed by atoms with van der Waals surface area (Å²) < 4.78 is 0. The smallest absolute Gasteiger partial charge is 0.241 e. The van der Waals surface area contributed by atoms with E-state index < -0.39 is 0 Å². The molecule has 1 atom stereocenters. The lowest BCUT2D eigenvalue weighted by atomic mass is 10.1. The Bertz CT molecular complexity index is 577. The summed E-state index contributed by atoms with van der Waals surface area (Å²) in [5.41, 5.74) is 1.36. The molecule has 0 bridgehead atoms. The van der Waals surface area contributed by atoms with Gasteiger partial charge in [0.1, 0.15) is 6.54 Å². The first-order chi connectivity index (χ1) is 9.08. The Kier molecular flexibility index (Phi) is 3.91. The van der Waals surface area contributed by atoms with Crippen molar-refractivity contribution in [2.75, 3.05) is 11.4 Å². The van der Waals surface area contributed by atoms with Gasteiger partial charge < -0.3 is 0 Å². The van der Waals surface area contributed by atoms with Crippen LogP contribution in [0.3, 0.4) is 0 Å². The first kappa shape index (κ1) is 13.6. The van der Waals surface area contributed by atoms with Gasteiger partial charge >= 0.3 is 0 Å². The van der Waals surface area contributed by atoms with Gasteiger partial charge in [0.15, 0.2) is 5.78 Å². The van der Waals surface area contributed by atoms with Crippen LogP contribution in [0.25, 0.3) is 0 Å². The molecule has 0 aromatic heterocycles. The van der Waals surface area contributed by atoms with E-state index in [4.69, 9.17) is 5.26 Å². The van der Waals surface area contributed by atoms with Crippen LogP contribution in [0, 0.1) is 11.3 Å². The summed E-state index contributed by atoms with van der Waals surface area (Å²) >= 11 is 1.47. The number of benzene rings is 1. The van der Waals surface area contributed by atoms with E-state index in [2.05, 4.69) is 0 Å². The van der Waals surface area contributed by atoms with Crippen LogP contribution >= 0.6 is 11.8 Å². The molecule has 1 unspecified atom stereocenters. The van der Waals surface area contributed by atoms with E-state index in [0.717, 1.165) is 10.6 Å². The van der Waals surface area contributed by atoms with Crippen molar-refractivity contribution in [3.8, 4) is 6.07 Å². The lowest BCUT2D eigenvalue weighted by Gasteiger charge is -2.31. The number of rotatable bonds is 3. The summed E-state index contributed by atoms with van der Waals surface area (Å²) in [6.07, 6.45) is 0.704. The maximum absolute atomic E-state index is 12.2. The van der Waals surface area contributed by atoms with Gasteiger partial charge in [-0.1, -0.05) is 6.92 Å². The monoisotopic (exact) mass is 274 g/mol. The van der Waals surface area contributed by atoms with Crippen molar-refractivity contribution in [1.82, 2.24) is 0 Å². The minimum absolute atomic E-state index is 0.000168. The molecule has 98 valence electrons. The number of amides is 1. The molecule has 0 radical (unpaired) electrons. The summed E-state index contributed by atoms with van der Waals surface area (Å²) in [4.78, 5) is 26.0. The topological polar surface area (TPSA) is 61.2 Å². The molecule has 0 fully saturated rings. The van der Waals surface area contributed by atoms with Crippen LogP contribution < -0.4 is 4.90 Å². The number of Topliss-reactive ketones (excluding diaryl/α,β-unsaturated/α-hetero) is 1. The first-order valence-corrected chi connectivity index (χ1v) is 6.96. The number of hydrogen-bond donors (Lipinski definition) is 0. The number of anilines is 1. The molecule has 1 amide bonds. The van der Waals surface area contributed by atoms with Crippen molar-refractivity contribution in [3.63, 3.8) is 0 Å². The van der Waals surface area contributed by atoms with E-state index in [1.807, 2.05) is 19.1 Å². The van der Waals surface area contributed by atoms with Gasteiger partial charge in [-0.2, -0.15) is 5.26 Å². The fourth-order valence-corrected chi connectivity index (χ4v) is 3.23. The minimum Gasteiger partial charge on any atom is -0.296 e. The molecule has 1 aliphatic rings. The van der Waals surface area contributed by atoms with Gasteiger partial charge in [-0.05, 0) is 31.5 Å². The van der Waals surface area contributed by atoms with Gasteiger partial charge in [-0.15, -0.1) is 11.8 Å². The maximum Gasteiger partial charge on any atom is 0.241 e. The molecule has 1 heterocycles. The van der Waals surface area contributed by atoms with E-state index in [1.165, 1.54) is 23.6 Å². The third kappa shape index (κ3) is 2.49. The normalized spacial score (nSPS) is 17.8. The highest BCUT2D eigenvalue weighted by Crippen LogP contribution is 2.40. The molecule has 4 nitrogen and oxygen atoms in total. The number of carbonyl (C=O) groups is 2. The van der Waals surface area contributed by atoms with Gasteiger partial charge in [0.05, 0.1) is 17.0 Å². The molecule has 0 saturated carbocycles. The Morgan fingerprint density at radius 3 is 2.84 bits per heavy atom. The summed E-state index contributed by atoms with van der Waals surface area (Å²) in [7, 11) is 0. The molecule has 0 N–H and O–H groups in total. The second kappa shape index (κ2) is 5.45. The largest absolute Gasteiger partial charge is 0.296 e. The zero-order valence-corrected chi connectivity index (χ0v) is 11.7. The summed E-state index contributed by atoms with van der Waals surface area (Å²) in [5.74, 6) is -0.0303. The lowest BCUT2D eigenvalue weighted by molar-refractivity contribution is -0.118. The van der Waals surface area contributed by atoms with E-state index in [1.54, 1.807) is 12.1 Å².